The Kier molecular flexibility index (Phi) is 6.74. The monoisotopic (exact) mass is 450 g/mol. The fourth-order valence-corrected chi connectivity index (χ4v) is 3.73. The number of nitrogens with zero attached hydrogens (tertiary/aromatic N) is 2. The Balaban J connectivity index is 1.55. The van der Waals surface area contributed by atoms with Gasteiger partial charge >= 0.3 is 0 Å². The fourth-order valence-electron chi connectivity index (χ4n) is 3.73. The van der Waals surface area contributed by atoms with Crippen LogP contribution in [0.1, 0.15) is 28.6 Å². The number of morpholine rings is 1. The molecule has 172 valence electrons. The molecule has 2 heterocycles. The third kappa shape index (κ3) is 5.23. The molecular formula is C25H27FN4O3. The molecule has 4 rings (SSSR count). The van der Waals surface area contributed by atoms with E-state index < -0.39 is 5.82 Å². The third-order valence-electron chi connectivity index (χ3n) is 5.49. The van der Waals surface area contributed by atoms with Crippen molar-refractivity contribution < 1.29 is 18.4 Å². The lowest BCUT2D eigenvalue weighted by Crippen LogP contribution is -2.36. The molecule has 1 amide bonds. The molecule has 1 aromatic heterocycles. The van der Waals surface area contributed by atoms with E-state index in [-0.39, 0.29) is 11.5 Å². The molecule has 0 saturated carbocycles. The van der Waals surface area contributed by atoms with Gasteiger partial charge in [-0.15, -0.1) is 0 Å². The quantitative estimate of drug-likeness (QED) is 0.553. The molecule has 0 spiro atoms. The van der Waals surface area contributed by atoms with Gasteiger partial charge in [-0.3, -0.25) is 4.79 Å². The maximum atomic E-state index is 14.3. The number of benzene rings is 2. The molecule has 2 N–H and O–H groups in total. The zero-order valence-corrected chi connectivity index (χ0v) is 18.8. The van der Waals surface area contributed by atoms with Gasteiger partial charge in [0, 0.05) is 48.2 Å². The third-order valence-corrected chi connectivity index (χ3v) is 5.49. The van der Waals surface area contributed by atoms with Crippen LogP contribution in [-0.2, 0) is 4.74 Å². The first kappa shape index (κ1) is 22.5. The lowest BCUT2D eigenvalue weighted by atomic mass is 10.0. The Labute approximate surface area is 192 Å². The van der Waals surface area contributed by atoms with Crippen LogP contribution in [0.3, 0.4) is 0 Å². The highest BCUT2D eigenvalue weighted by Crippen LogP contribution is 2.28. The smallest absolute Gasteiger partial charge is 0.255 e. The van der Waals surface area contributed by atoms with Crippen LogP contribution in [0.5, 0.6) is 0 Å². The Bertz CT molecular complexity index is 1170. The zero-order chi connectivity index (χ0) is 23.4. The molecule has 1 saturated heterocycles. The predicted molar refractivity (Wildman–Crippen MR) is 127 cm³/mol. The minimum absolute atomic E-state index is 0.254. The van der Waals surface area contributed by atoms with Crippen LogP contribution in [0.4, 0.5) is 15.8 Å². The average Bonchev–Trinajstić information content (AvgIpc) is 3.31. The summed E-state index contributed by atoms with van der Waals surface area (Å²) in [6.07, 6.45) is 0. The minimum atomic E-state index is -0.454. The second kappa shape index (κ2) is 9.87. The van der Waals surface area contributed by atoms with Gasteiger partial charge in [-0.25, -0.2) is 4.39 Å². The number of rotatable bonds is 7. The van der Waals surface area contributed by atoms with E-state index in [1.807, 2.05) is 30.9 Å². The summed E-state index contributed by atoms with van der Waals surface area (Å²) in [4.78, 5) is 14.9. The van der Waals surface area contributed by atoms with E-state index in [2.05, 4.69) is 22.4 Å². The molecule has 8 heteroatoms. The molecule has 0 unspecified atom stereocenters. The molecule has 0 atom stereocenters. The number of nitrogens with one attached hydrogen (secondary N) is 2. The van der Waals surface area contributed by atoms with Gasteiger partial charge in [0.2, 0.25) is 0 Å². The maximum Gasteiger partial charge on any atom is 0.255 e. The van der Waals surface area contributed by atoms with E-state index >= 15 is 0 Å². The highest BCUT2D eigenvalue weighted by molar-refractivity contribution is 6.05. The summed E-state index contributed by atoms with van der Waals surface area (Å²) in [5.41, 5.74) is 4.59. The number of aromatic nitrogens is 1. The second-order valence-corrected chi connectivity index (χ2v) is 7.87. The lowest BCUT2D eigenvalue weighted by molar-refractivity contribution is 0.102. The Morgan fingerprint density at radius 3 is 2.73 bits per heavy atom. The van der Waals surface area contributed by atoms with Gasteiger partial charge in [0.25, 0.3) is 5.91 Å². The molecular weight excluding hydrogens is 423 g/mol. The number of amides is 1. The van der Waals surface area contributed by atoms with Crippen LogP contribution >= 0.6 is 0 Å². The van der Waals surface area contributed by atoms with Crippen molar-refractivity contribution in [2.45, 2.75) is 13.8 Å². The molecule has 7 nitrogen and oxygen atoms in total. The highest BCUT2D eigenvalue weighted by Gasteiger charge is 2.17. The fraction of sp³-hybridized carbons (Fsp3) is 0.280. The summed E-state index contributed by atoms with van der Waals surface area (Å²) in [6.45, 7) is 11.1. The average molecular weight is 451 g/mol. The number of ether oxygens (including phenoxy) is 1. The topological polar surface area (TPSA) is 79.6 Å². The number of anilines is 2. The van der Waals surface area contributed by atoms with E-state index in [4.69, 9.17) is 9.26 Å². The summed E-state index contributed by atoms with van der Waals surface area (Å²) in [5.74, 6) is -0.291. The van der Waals surface area contributed by atoms with Crippen molar-refractivity contribution >= 4 is 23.0 Å². The van der Waals surface area contributed by atoms with Crippen molar-refractivity contribution in [2.24, 2.45) is 0 Å². The Hall–Kier alpha value is -3.65. The molecule has 1 aliphatic heterocycles. The molecule has 33 heavy (non-hydrogen) atoms. The number of carbonyl (C=O) groups is 1. The van der Waals surface area contributed by atoms with E-state index in [0.29, 0.717) is 54.8 Å². The van der Waals surface area contributed by atoms with E-state index in [0.717, 1.165) is 17.7 Å². The second-order valence-electron chi connectivity index (χ2n) is 7.87. The van der Waals surface area contributed by atoms with Crippen molar-refractivity contribution in [1.82, 2.24) is 10.5 Å². The maximum absolute atomic E-state index is 14.3. The van der Waals surface area contributed by atoms with Crippen molar-refractivity contribution in [3.05, 3.63) is 71.7 Å². The van der Waals surface area contributed by atoms with Crippen LogP contribution < -0.4 is 15.5 Å². The molecule has 0 radical (unpaired) electrons. The normalized spacial score (nSPS) is 13.6. The van der Waals surface area contributed by atoms with Crippen molar-refractivity contribution in [3.8, 4) is 11.3 Å². The number of hydrogen-bond acceptors (Lipinski definition) is 6. The molecule has 1 aliphatic rings. The van der Waals surface area contributed by atoms with Crippen molar-refractivity contribution in [1.29, 1.82) is 0 Å². The minimum Gasteiger partial charge on any atom is -0.383 e. The molecule has 2 aromatic carbocycles. The van der Waals surface area contributed by atoms with Crippen LogP contribution in [0, 0.1) is 12.7 Å². The summed E-state index contributed by atoms with van der Waals surface area (Å²) in [6, 6.07) is 11.7. The van der Waals surface area contributed by atoms with Crippen LogP contribution in [0.15, 0.2) is 53.6 Å². The molecule has 0 aliphatic carbocycles. The Morgan fingerprint density at radius 1 is 1.18 bits per heavy atom. The van der Waals surface area contributed by atoms with Crippen LogP contribution in [0.2, 0.25) is 0 Å². The van der Waals surface area contributed by atoms with E-state index in [1.165, 1.54) is 12.1 Å². The van der Waals surface area contributed by atoms with Gasteiger partial charge in [-0.2, -0.15) is 0 Å². The standard InChI is InChI=1S/C25H27FN4O3/c1-4-27-17(3)24-15-23(29-33-24)22-14-20(6-5-16(22)2)28-25(31)18-11-19(26)13-21(12-18)30-7-9-32-10-8-30/h5-6,11-15,27H,3-4,7-10H2,1-2H3,(H,28,31). The van der Waals surface area contributed by atoms with Gasteiger partial charge in [0.05, 0.1) is 18.9 Å². The van der Waals surface area contributed by atoms with Gasteiger partial charge < -0.3 is 24.8 Å². The van der Waals surface area contributed by atoms with E-state index in [1.54, 1.807) is 18.2 Å². The van der Waals surface area contributed by atoms with Crippen LogP contribution in [-0.4, -0.2) is 43.9 Å². The highest BCUT2D eigenvalue weighted by atomic mass is 19.1. The summed E-state index contributed by atoms with van der Waals surface area (Å²) in [7, 11) is 0. The van der Waals surface area contributed by atoms with Gasteiger partial charge in [-0.1, -0.05) is 17.8 Å². The van der Waals surface area contributed by atoms with Crippen molar-refractivity contribution in [3.63, 3.8) is 0 Å². The lowest BCUT2D eigenvalue weighted by Gasteiger charge is -2.29. The number of hydrogen-bond donors (Lipinski definition) is 2. The zero-order valence-electron chi connectivity index (χ0n) is 18.8. The Morgan fingerprint density at radius 2 is 1.97 bits per heavy atom. The molecule has 1 fully saturated rings. The summed E-state index contributed by atoms with van der Waals surface area (Å²) >= 11 is 0. The van der Waals surface area contributed by atoms with Crippen LogP contribution in [0.25, 0.3) is 17.0 Å². The van der Waals surface area contributed by atoms with Gasteiger partial charge in [-0.05, 0) is 49.7 Å². The first-order valence-electron chi connectivity index (χ1n) is 10.9. The number of carbonyl (C=O) groups excluding carboxylic acids is 1. The van der Waals surface area contributed by atoms with E-state index in [9.17, 15) is 9.18 Å². The summed E-state index contributed by atoms with van der Waals surface area (Å²) < 4.78 is 25.0. The first-order valence-corrected chi connectivity index (χ1v) is 10.9. The largest absolute Gasteiger partial charge is 0.383 e. The van der Waals surface area contributed by atoms with Gasteiger partial charge in [0.1, 0.15) is 11.5 Å². The predicted octanol–water partition coefficient (Wildman–Crippen LogP) is 4.46. The molecule has 0 bridgehead atoms. The van der Waals surface area contributed by atoms with Gasteiger partial charge in [0.15, 0.2) is 5.76 Å². The first-order chi connectivity index (χ1) is 15.9. The number of aryl methyl sites for hydroxylation is 1. The summed E-state index contributed by atoms with van der Waals surface area (Å²) in [5, 5.41) is 10.1. The SMILES string of the molecule is C=C(NCC)c1cc(-c2cc(NC(=O)c3cc(F)cc(N4CCOCC4)c3)ccc2C)no1. The number of halogens is 1. The molecule has 3 aromatic rings. The van der Waals surface area contributed by atoms with Crippen molar-refractivity contribution in [2.75, 3.05) is 43.1 Å².